The van der Waals surface area contributed by atoms with Crippen molar-refractivity contribution in [3.63, 3.8) is 0 Å². The fraction of sp³-hybridized carbons (Fsp3) is 0.556. The number of nitrogens with two attached hydrogens (primary N) is 1. The maximum absolute atomic E-state index is 11.3. The summed E-state index contributed by atoms with van der Waals surface area (Å²) in [6.45, 7) is 1.82. The van der Waals surface area contributed by atoms with Crippen molar-refractivity contribution in [2.24, 2.45) is 5.84 Å². The zero-order chi connectivity index (χ0) is 12.5. The maximum atomic E-state index is 11.3. The summed E-state index contributed by atoms with van der Waals surface area (Å²) in [5, 5.41) is 3.09. The fourth-order valence-electron chi connectivity index (χ4n) is 1.83. The van der Waals surface area contributed by atoms with E-state index < -0.39 is 9.84 Å². The molecule has 0 spiro atoms. The zero-order valence-corrected chi connectivity index (χ0v) is 10.3. The molecule has 1 saturated heterocycles. The monoisotopic (exact) mass is 257 g/mol. The number of sulfone groups is 1. The van der Waals surface area contributed by atoms with Crippen LogP contribution in [0.3, 0.4) is 0 Å². The molecule has 1 atom stereocenters. The average Bonchev–Trinajstić information content (AvgIpc) is 2.57. The van der Waals surface area contributed by atoms with E-state index in [1.807, 2.05) is 6.92 Å². The van der Waals surface area contributed by atoms with E-state index in [0.29, 0.717) is 18.2 Å². The Bertz CT molecular complexity index is 516. The van der Waals surface area contributed by atoms with Gasteiger partial charge in [-0.2, -0.15) is 4.98 Å². The van der Waals surface area contributed by atoms with Crippen LogP contribution in [0, 0.1) is 6.92 Å². The molecule has 1 aliphatic heterocycles. The summed E-state index contributed by atoms with van der Waals surface area (Å²) in [6, 6.07) is 1.67. The highest BCUT2D eigenvalue weighted by Gasteiger charge is 2.27. The number of nitrogen functional groups attached to an aromatic ring is 1. The molecule has 1 unspecified atom stereocenters. The smallest absolute Gasteiger partial charge is 0.239 e. The number of anilines is 2. The first-order valence-electron chi connectivity index (χ1n) is 5.28. The van der Waals surface area contributed by atoms with Gasteiger partial charge in [0.1, 0.15) is 5.82 Å². The predicted molar refractivity (Wildman–Crippen MR) is 65.3 cm³/mol. The summed E-state index contributed by atoms with van der Waals surface area (Å²) in [6.07, 6.45) is 0.608. The zero-order valence-electron chi connectivity index (χ0n) is 9.47. The molecule has 17 heavy (non-hydrogen) atoms. The Morgan fingerprint density at radius 1 is 1.47 bits per heavy atom. The molecule has 4 N–H and O–H groups in total. The first kappa shape index (κ1) is 12.1. The van der Waals surface area contributed by atoms with Crippen LogP contribution in [0.4, 0.5) is 11.8 Å². The molecule has 2 heterocycles. The molecular weight excluding hydrogens is 242 g/mol. The van der Waals surface area contributed by atoms with E-state index in [0.717, 1.165) is 5.69 Å². The molecule has 0 aliphatic carbocycles. The largest absolute Gasteiger partial charge is 0.366 e. The third-order valence-electron chi connectivity index (χ3n) is 2.57. The fourth-order valence-corrected chi connectivity index (χ4v) is 3.50. The molecule has 0 saturated carbocycles. The van der Waals surface area contributed by atoms with E-state index >= 15 is 0 Å². The minimum atomic E-state index is -2.89. The van der Waals surface area contributed by atoms with E-state index in [2.05, 4.69) is 20.7 Å². The molecule has 0 radical (unpaired) electrons. The van der Waals surface area contributed by atoms with Crippen LogP contribution in [0.25, 0.3) is 0 Å². The van der Waals surface area contributed by atoms with Crippen LogP contribution in [0.5, 0.6) is 0 Å². The second kappa shape index (κ2) is 4.46. The summed E-state index contributed by atoms with van der Waals surface area (Å²) in [4.78, 5) is 8.16. The van der Waals surface area contributed by atoms with Crippen molar-refractivity contribution in [1.29, 1.82) is 0 Å². The highest BCUT2D eigenvalue weighted by molar-refractivity contribution is 7.91. The molecule has 0 bridgehead atoms. The molecule has 1 aromatic rings. The van der Waals surface area contributed by atoms with Crippen LogP contribution in [0.15, 0.2) is 6.07 Å². The van der Waals surface area contributed by atoms with Gasteiger partial charge in [-0.3, -0.25) is 5.43 Å². The molecule has 0 aromatic carbocycles. The SMILES string of the molecule is Cc1cc(NC2CCS(=O)(=O)C2)nc(NN)n1. The summed E-state index contributed by atoms with van der Waals surface area (Å²) >= 11 is 0. The molecule has 1 fully saturated rings. The van der Waals surface area contributed by atoms with Gasteiger partial charge in [0.25, 0.3) is 0 Å². The van der Waals surface area contributed by atoms with Gasteiger partial charge in [-0.05, 0) is 13.3 Å². The van der Waals surface area contributed by atoms with Gasteiger partial charge in [-0.25, -0.2) is 19.2 Å². The molecule has 94 valence electrons. The Balaban J connectivity index is 2.11. The third-order valence-corrected chi connectivity index (χ3v) is 4.34. The minimum absolute atomic E-state index is 0.0834. The minimum Gasteiger partial charge on any atom is -0.366 e. The van der Waals surface area contributed by atoms with Gasteiger partial charge in [0.05, 0.1) is 11.5 Å². The van der Waals surface area contributed by atoms with E-state index in [9.17, 15) is 8.42 Å². The topological polar surface area (TPSA) is 110 Å². The molecular formula is C9H15N5O2S. The summed E-state index contributed by atoms with van der Waals surface area (Å²) < 4.78 is 22.6. The van der Waals surface area contributed by atoms with Crippen LogP contribution in [-0.4, -0.2) is 35.9 Å². The van der Waals surface area contributed by atoms with Crippen LogP contribution in [0.1, 0.15) is 12.1 Å². The molecule has 8 heteroatoms. The lowest BCUT2D eigenvalue weighted by Crippen LogP contribution is -2.22. The Kier molecular flexibility index (Phi) is 3.16. The summed E-state index contributed by atoms with van der Waals surface area (Å²) in [5.74, 6) is 6.53. The number of nitrogens with one attached hydrogen (secondary N) is 2. The van der Waals surface area contributed by atoms with E-state index in [1.165, 1.54) is 0 Å². The number of hydrogen-bond donors (Lipinski definition) is 3. The van der Waals surface area contributed by atoms with E-state index in [4.69, 9.17) is 5.84 Å². The Morgan fingerprint density at radius 2 is 2.24 bits per heavy atom. The van der Waals surface area contributed by atoms with Gasteiger partial charge in [0.2, 0.25) is 5.95 Å². The van der Waals surface area contributed by atoms with E-state index in [1.54, 1.807) is 6.07 Å². The number of hydrogen-bond acceptors (Lipinski definition) is 7. The first-order chi connectivity index (χ1) is 7.98. The van der Waals surface area contributed by atoms with Crippen molar-refractivity contribution in [3.8, 4) is 0 Å². The van der Waals surface area contributed by atoms with Gasteiger partial charge in [0, 0.05) is 17.8 Å². The molecule has 7 nitrogen and oxygen atoms in total. The number of hydrazine groups is 1. The second-order valence-corrected chi connectivity index (χ2v) is 6.34. The Hall–Kier alpha value is -1.41. The van der Waals surface area contributed by atoms with Crippen molar-refractivity contribution in [1.82, 2.24) is 9.97 Å². The second-order valence-electron chi connectivity index (χ2n) is 4.11. The van der Waals surface area contributed by atoms with E-state index in [-0.39, 0.29) is 17.5 Å². The van der Waals surface area contributed by atoms with Gasteiger partial charge >= 0.3 is 0 Å². The molecule has 1 aromatic heterocycles. The van der Waals surface area contributed by atoms with Gasteiger partial charge in [-0.15, -0.1) is 0 Å². The average molecular weight is 257 g/mol. The van der Waals surface area contributed by atoms with Crippen molar-refractivity contribution in [2.75, 3.05) is 22.2 Å². The quantitative estimate of drug-likeness (QED) is 0.502. The standard InChI is InChI=1S/C9H15N5O2S/c1-6-4-8(13-9(11-6)14-10)12-7-2-3-17(15,16)5-7/h4,7H,2-3,5,10H2,1H3,(H2,11,12,13,14). The third kappa shape index (κ3) is 3.04. The Morgan fingerprint density at radius 3 is 2.82 bits per heavy atom. The van der Waals surface area contributed by atoms with Crippen molar-refractivity contribution in [3.05, 3.63) is 11.8 Å². The number of nitrogens with zero attached hydrogens (tertiary/aromatic N) is 2. The van der Waals surface area contributed by atoms with Crippen LogP contribution in [0.2, 0.25) is 0 Å². The van der Waals surface area contributed by atoms with Gasteiger partial charge in [-0.1, -0.05) is 0 Å². The molecule has 1 aliphatic rings. The summed E-state index contributed by atoms with van der Waals surface area (Å²) in [5.41, 5.74) is 3.13. The molecule has 0 amide bonds. The maximum Gasteiger partial charge on any atom is 0.239 e. The summed E-state index contributed by atoms with van der Waals surface area (Å²) in [7, 11) is -2.89. The van der Waals surface area contributed by atoms with Crippen LogP contribution >= 0.6 is 0 Å². The van der Waals surface area contributed by atoms with Crippen molar-refractivity contribution >= 4 is 21.6 Å². The van der Waals surface area contributed by atoms with Gasteiger partial charge < -0.3 is 5.32 Å². The number of rotatable bonds is 3. The Labute approximate surface area is 99.7 Å². The highest BCUT2D eigenvalue weighted by atomic mass is 32.2. The van der Waals surface area contributed by atoms with Crippen LogP contribution in [-0.2, 0) is 9.84 Å². The number of aryl methyl sites for hydroxylation is 1. The lowest BCUT2D eigenvalue weighted by Gasteiger charge is -2.12. The van der Waals surface area contributed by atoms with Crippen molar-refractivity contribution < 1.29 is 8.42 Å². The number of aromatic nitrogens is 2. The lowest BCUT2D eigenvalue weighted by atomic mass is 10.2. The predicted octanol–water partition coefficient (Wildman–Crippen LogP) is -0.330. The molecule has 2 rings (SSSR count). The van der Waals surface area contributed by atoms with Gasteiger partial charge in [0.15, 0.2) is 9.84 Å². The van der Waals surface area contributed by atoms with Crippen molar-refractivity contribution in [2.45, 2.75) is 19.4 Å². The first-order valence-corrected chi connectivity index (χ1v) is 7.10. The highest BCUT2D eigenvalue weighted by Crippen LogP contribution is 2.17. The normalized spacial score (nSPS) is 22.4. The lowest BCUT2D eigenvalue weighted by molar-refractivity contribution is 0.602. The van der Waals surface area contributed by atoms with Crippen LogP contribution < -0.4 is 16.6 Å².